The lowest BCUT2D eigenvalue weighted by molar-refractivity contribution is -0.113. The van der Waals surface area contributed by atoms with Gasteiger partial charge in [-0.05, 0) is 24.6 Å². The van der Waals surface area contributed by atoms with Gasteiger partial charge in [-0.3, -0.25) is 9.36 Å². The molecule has 2 aromatic carbocycles. The maximum atomic E-state index is 13.6. The van der Waals surface area contributed by atoms with E-state index in [2.05, 4.69) is 22.1 Å². The Balaban J connectivity index is 1.70. The normalized spacial score (nSPS) is 10.6. The van der Waals surface area contributed by atoms with Crippen molar-refractivity contribution in [2.75, 3.05) is 11.1 Å². The highest BCUT2D eigenvalue weighted by molar-refractivity contribution is 7.99. The van der Waals surface area contributed by atoms with Gasteiger partial charge in [0.2, 0.25) is 5.91 Å². The number of rotatable bonds is 7. The number of hydrogen-bond donors (Lipinski definition) is 1. The number of anilines is 1. The first kappa shape index (κ1) is 18.8. The molecule has 0 aliphatic rings. The van der Waals surface area contributed by atoms with E-state index in [1.807, 2.05) is 34.9 Å². The van der Waals surface area contributed by atoms with Gasteiger partial charge in [-0.15, -0.1) is 16.8 Å². The first-order valence-electron chi connectivity index (χ1n) is 8.37. The zero-order chi connectivity index (χ0) is 19.2. The molecule has 0 fully saturated rings. The Morgan fingerprint density at radius 3 is 2.74 bits per heavy atom. The summed E-state index contributed by atoms with van der Waals surface area (Å²) in [7, 11) is 0. The lowest BCUT2D eigenvalue weighted by atomic mass is 10.2. The SMILES string of the molecule is C=CCn1c(SCC(=O)Nc2ccc(C)c(F)c2)nnc1-c1ccccc1. The first-order valence-corrected chi connectivity index (χ1v) is 9.35. The predicted molar refractivity (Wildman–Crippen MR) is 106 cm³/mol. The van der Waals surface area contributed by atoms with Crippen molar-refractivity contribution >= 4 is 23.4 Å². The van der Waals surface area contributed by atoms with E-state index in [4.69, 9.17) is 0 Å². The highest BCUT2D eigenvalue weighted by atomic mass is 32.2. The molecule has 0 unspecified atom stereocenters. The second kappa shape index (κ2) is 8.64. The number of allylic oxidation sites excluding steroid dienone is 1. The topological polar surface area (TPSA) is 59.8 Å². The molecule has 138 valence electrons. The van der Waals surface area contributed by atoms with Crippen molar-refractivity contribution in [1.82, 2.24) is 14.8 Å². The summed E-state index contributed by atoms with van der Waals surface area (Å²) in [6.45, 7) is 5.98. The second-order valence-corrected chi connectivity index (χ2v) is 6.81. The van der Waals surface area contributed by atoms with Gasteiger partial charge in [0.1, 0.15) is 5.82 Å². The smallest absolute Gasteiger partial charge is 0.234 e. The maximum absolute atomic E-state index is 13.6. The molecule has 27 heavy (non-hydrogen) atoms. The summed E-state index contributed by atoms with van der Waals surface area (Å²) in [6.07, 6.45) is 1.76. The van der Waals surface area contributed by atoms with Crippen LogP contribution in [0.3, 0.4) is 0 Å². The molecule has 0 atom stereocenters. The monoisotopic (exact) mass is 382 g/mol. The van der Waals surface area contributed by atoms with E-state index in [0.29, 0.717) is 23.0 Å². The lowest BCUT2D eigenvalue weighted by Gasteiger charge is -2.08. The molecule has 0 aliphatic carbocycles. The Hall–Kier alpha value is -2.93. The number of carbonyl (C=O) groups excluding carboxylic acids is 1. The van der Waals surface area contributed by atoms with Crippen LogP contribution in [0.25, 0.3) is 11.4 Å². The predicted octanol–water partition coefficient (Wildman–Crippen LogP) is 4.31. The minimum Gasteiger partial charge on any atom is -0.325 e. The van der Waals surface area contributed by atoms with E-state index in [-0.39, 0.29) is 17.5 Å². The molecule has 0 saturated heterocycles. The van der Waals surface area contributed by atoms with Crippen molar-refractivity contribution in [3.63, 3.8) is 0 Å². The number of halogens is 1. The van der Waals surface area contributed by atoms with E-state index >= 15 is 0 Å². The molecule has 7 heteroatoms. The molecule has 3 aromatic rings. The largest absolute Gasteiger partial charge is 0.325 e. The lowest BCUT2D eigenvalue weighted by Crippen LogP contribution is -2.15. The number of aryl methyl sites for hydroxylation is 1. The number of amides is 1. The molecule has 1 N–H and O–H groups in total. The standard InChI is InChI=1S/C20H19FN4OS/c1-3-11-25-19(15-7-5-4-6-8-15)23-24-20(25)27-13-18(26)22-16-10-9-14(2)17(21)12-16/h3-10,12H,1,11,13H2,2H3,(H,22,26). The Labute approximate surface area is 161 Å². The molecule has 0 saturated carbocycles. The van der Waals surface area contributed by atoms with Crippen molar-refractivity contribution < 1.29 is 9.18 Å². The summed E-state index contributed by atoms with van der Waals surface area (Å²) in [5.41, 5.74) is 1.91. The Morgan fingerprint density at radius 2 is 2.04 bits per heavy atom. The van der Waals surface area contributed by atoms with Crippen LogP contribution in [0.4, 0.5) is 10.1 Å². The van der Waals surface area contributed by atoms with Crippen molar-refractivity contribution in [2.24, 2.45) is 0 Å². The van der Waals surface area contributed by atoms with Gasteiger partial charge in [0.25, 0.3) is 0 Å². The van der Waals surface area contributed by atoms with Crippen LogP contribution in [-0.4, -0.2) is 26.4 Å². The fraction of sp³-hybridized carbons (Fsp3) is 0.150. The summed E-state index contributed by atoms with van der Waals surface area (Å²) in [6, 6.07) is 14.3. The second-order valence-electron chi connectivity index (χ2n) is 5.87. The third-order valence-electron chi connectivity index (χ3n) is 3.85. The highest BCUT2D eigenvalue weighted by Gasteiger charge is 2.15. The number of aromatic nitrogens is 3. The van der Waals surface area contributed by atoms with Gasteiger partial charge in [-0.1, -0.05) is 54.2 Å². The summed E-state index contributed by atoms with van der Waals surface area (Å²) < 4.78 is 15.5. The van der Waals surface area contributed by atoms with Crippen LogP contribution in [0, 0.1) is 12.7 Å². The van der Waals surface area contributed by atoms with Gasteiger partial charge in [-0.2, -0.15) is 0 Å². The average molecular weight is 382 g/mol. The molecule has 3 rings (SSSR count). The highest BCUT2D eigenvalue weighted by Crippen LogP contribution is 2.24. The Morgan fingerprint density at radius 1 is 1.26 bits per heavy atom. The molecule has 0 aliphatic heterocycles. The van der Waals surface area contributed by atoms with Crippen LogP contribution in [0.15, 0.2) is 66.3 Å². The third kappa shape index (κ3) is 4.62. The summed E-state index contributed by atoms with van der Waals surface area (Å²) >= 11 is 1.27. The van der Waals surface area contributed by atoms with Crippen LogP contribution in [0.5, 0.6) is 0 Å². The first-order chi connectivity index (χ1) is 13.1. The Kier molecular flexibility index (Phi) is 6.03. The van der Waals surface area contributed by atoms with Crippen molar-refractivity contribution in [2.45, 2.75) is 18.6 Å². The molecule has 1 amide bonds. The van der Waals surface area contributed by atoms with Crippen molar-refractivity contribution in [3.05, 3.63) is 72.6 Å². The van der Waals surface area contributed by atoms with Crippen molar-refractivity contribution in [3.8, 4) is 11.4 Å². The van der Waals surface area contributed by atoms with Crippen LogP contribution in [-0.2, 0) is 11.3 Å². The molecule has 0 radical (unpaired) electrons. The minimum atomic E-state index is -0.348. The number of benzene rings is 2. The maximum Gasteiger partial charge on any atom is 0.234 e. The quantitative estimate of drug-likeness (QED) is 0.489. The number of thioether (sulfide) groups is 1. The molecule has 0 spiro atoms. The molecular weight excluding hydrogens is 363 g/mol. The zero-order valence-electron chi connectivity index (χ0n) is 14.9. The molecule has 1 heterocycles. The number of nitrogens with zero attached hydrogens (tertiary/aromatic N) is 3. The van der Waals surface area contributed by atoms with E-state index in [0.717, 1.165) is 11.4 Å². The Bertz CT molecular complexity index is 956. The van der Waals surface area contributed by atoms with Gasteiger partial charge < -0.3 is 5.32 Å². The van der Waals surface area contributed by atoms with Gasteiger partial charge in [-0.25, -0.2) is 4.39 Å². The van der Waals surface area contributed by atoms with Crippen LogP contribution in [0.2, 0.25) is 0 Å². The van der Waals surface area contributed by atoms with Gasteiger partial charge in [0.15, 0.2) is 11.0 Å². The number of hydrogen-bond acceptors (Lipinski definition) is 4. The van der Waals surface area contributed by atoms with E-state index < -0.39 is 0 Å². The summed E-state index contributed by atoms with van der Waals surface area (Å²) in [5, 5.41) is 11.8. The fourth-order valence-corrected chi connectivity index (χ4v) is 3.24. The summed E-state index contributed by atoms with van der Waals surface area (Å²) in [5.74, 6) is 0.273. The molecule has 0 bridgehead atoms. The van der Waals surface area contributed by atoms with Gasteiger partial charge >= 0.3 is 0 Å². The van der Waals surface area contributed by atoms with Crippen LogP contribution in [0.1, 0.15) is 5.56 Å². The number of nitrogens with one attached hydrogen (secondary N) is 1. The fourth-order valence-electron chi connectivity index (χ4n) is 2.49. The molecule has 5 nitrogen and oxygen atoms in total. The van der Waals surface area contributed by atoms with Gasteiger partial charge in [0, 0.05) is 17.8 Å². The van der Waals surface area contributed by atoms with Crippen LogP contribution >= 0.6 is 11.8 Å². The van der Waals surface area contributed by atoms with E-state index in [1.54, 1.807) is 25.1 Å². The van der Waals surface area contributed by atoms with E-state index in [9.17, 15) is 9.18 Å². The molecule has 1 aromatic heterocycles. The minimum absolute atomic E-state index is 0.138. The zero-order valence-corrected chi connectivity index (χ0v) is 15.7. The van der Waals surface area contributed by atoms with Crippen molar-refractivity contribution in [1.29, 1.82) is 0 Å². The van der Waals surface area contributed by atoms with E-state index in [1.165, 1.54) is 17.8 Å². The summed E-state index contributed by atoms with van der Waals surface area (Å²) in [4.78, 5) is 12.2. The third-order valence-corrected chi connectivity index (χ3v) is 4.82. The van der Waals surface area contributed by atoms with Crippen LogP contribution < -0.4 is 5.32 Å². The molecular formula is C20H19FN4OS. The average Bonchev–Trinajstić information content (AvgIpc) is 3.07. The number of carbonyl (C=O) groups is 1. The van der Waals surface area contributed by atoms with Gasteiger partial charge in [0.05, 0.1) is 5.75 Å².